The van der Waals surface area contributed by atoms with Crippen molar-refractivity contribution in [3.63, 3.8) is 0 Å². The smallest absolute Gasteiger partial charge is 0.343 e. The minimum atomic E-state index is -4.51. The van der Waals surface area contributed by atoms with Gasteiger partial charge in [0, 0.05) is 61.4 Å². The molecule has 5 rings (SSSR count). The van der Waals surface area contributed by atoms with E-state index in [-0.39, 0.29) is 28.3 Å². The van der Waals surface area contributed by atoms with Crippen molar-refractivity contribution in [2.75, 3.05) is 46.3 Å². The maximum Gasteiger partial charge on any atom is 0.416 e. The zero-order chi connectivity index (χ0) is 27.7. The molecule has 2 saturated heterocycles. The van der Waals surface area contributed by atoms with Crippen LogP contribution in [0.15, 0.2) is 53.6 Å². The van der Waals surface area contributed by atoms with E-state index in [1.165, 1.54) is 17.0 Å². The molecule has 2 amide bonds. The zero-order valence-electron chi connectivity index (χ0n) is 21.4. The van der Waals surface area contributed by atoms with E-state index < -0.39 is 11.7 Å². The molecule has 2 fully saturated rings. The quantitative estimate of drug-likeness (QED) is 0.321. The Bertz CT molecular complexity index is 1430. The molecule has 2 aliphatic rings. The Kier molecular flexibility index (Phi) is 8.09. The number of hydrogen-bond donors (Lipinski definition) is 0. The Hall–Kier alpha value is -2.79. The number of aromatic nitrogens is 1. The first kappa shape index (κ1) is 27.8. The van der Waals surface area contributed by atoms with Crippen molar-refractivity contribution in [1.29, 1.82) is 0 Å². The Morgan fingerprint density at radius 2 is 1.77 bits per heavy atom. The van der Waals surface area contributed by atoms with Gasteiger partial charge in [0.05, 0.1) is 10.5 Å². The van der Waals surface area contributed by atoms with Gasteiger partial charge in [-0.3, -0.25) is 14.5 Å². The third kappa shape index (κ3) is 6.35. The predicted molar refractivity (Wildman–Crippen MR) is 149 cm³/mol. The molecule has 0 spiro atoms. The summed E-state index contributed by atoms with van der Waals surface area (Å²) in [5.74, 6) is -0.288. The number of benzene rings is 2. The summed E-state index contributed by atoms with van der Waals surface area (Å²) in [5.41, 5.74) is 0.861. The summed E-state index contributed by atoms with van der Waals surface area (Å²) in [7, 11) is 2.10. The van der Waals surface area contributed by atoms with Gasteiger partial charge < -0.3 is 14.4 Å². The molecule has 0 atom stereocenters. The van der Waals surface area contributed by atoms with E-state index in [4.69, 9.17) is 11.6 Å². The van der Waals surface area contributed by atoms with Gasteiger partial charge in [-0.05, 0) is 79.3 Å². The fourth-order valence-corrected chi connectivity index (χ4v) is 5.99. The first-order valence-electron chi connectivity index (χ1n) is 12.7. The monoisotopic (exact) mass is 576 g/mol. The normalized spacial score (nSPS) is 18.7. The van der Waals surface area contributed by atoms with Crippen LogP contribution in [0, 0.1) is 0 Å². The lowest BCUT2D eigenvalue weighted by molar-refractivity contribution is -0.138. The summed E-state index contributed by atoms with van der Waals surface area (Å²) in [6, 6.07) is 11.1. The van der Waals surface area contributed by atoms with Gasteiger partial charge in [-0.2, -0.15) is 13.2 Å². The highest BCUT2D eigenvalue weighted by atomic mass is 35.5. The number of hydrogen-bond acceptors (Lipinski definition) is 5. The standard InChI is InChI=1S/C28H28ClF3N4O2S/c1-33-11-13-34(14-12-33)8-2-9-36-26(37)25(39-27(36)38)16-19-3-6-24-20(15-19)7-10-35(24)18-21-4-5-22(29)17-23(21)28(30,31)32/h3-7,10,15-17H,2,8-9,11-14,18H2,1H3. The summed E-state index contributed by atoms with van der Waals surface area (Å²) in [6.45, 7) is 5.30. The van der Waals surface area contributed by atoms with E-state index in [2.05, 4.69) is 16.8 Å². The average molecular weight is 577 g/mol. The second-order valence-corrected chi connectivity index (χ2v) is 11.3. The molecule has 2 aliphatic heterocycles. The number of fused-ring (bicyclic) bond motifs is 1. The van der Waals surface area contributed by atoms with Gasteiger partial charge in [0.15, 0.2) is 0 Å². The maximum absolute atomic E-state index is 13.5. The van der Waals surface area contributed by atoms with Crippen LogP contribution in [0.1, 0.15) is 23.1 Å². The van der Waals surface area contributed by atoms with Crippen LogP contribution in [0.2, 0.25) is 5.02 Å². The van der Waals surface area contributed by atoms with Crippen LogP contribution in [0.5, 0.6) is 0 Å². The lowest BCUT2D eigenvalue weighted by Crippen LogP contribution is -2.45. The van der Waals surface area contributed by atoms with Crippen molar-refractivity contribution < 1.29 is 22.8 Å². The molecule has 3 aromatic rings. The molecule has 6 nitrogen and oxygen atoms in total. The fraction of sp³-hybridized carbons (Fsp3) is 0.357. The number of amides is 2. The van der Waals surface area contributed by atoms with Crippen LogP contribution in [0.4, 0.5) is 18.0 Å². The van der Waals surface area contributed by atoms with Gasteiger partial charge in [-0.1, -0.05) is 23.7 Å². The zero-order valence-corrected chi connectivity index (χ0v) is 23.0. The second kappa shape index (κ2) is 11.4. The number of carbonyl (C=O) groups excluding carboxylic acids is 2. The molecular weight excluding hydrogens is 549 g/mol. The molecular formula is C28H28ClF3N4O2S. The highest BCUT2D eigenvalue weighted by Gasteiger charge is 2.35. The van der Waals surface area contributed by atoms with E-state index in [0.717, 1.165) is 73.4 Å². The first-order chi connectivity index (χ1) is 18.6. The predicted octanol–water partition coefficient (Wildman–Crippen LogP) is 6.04. The van der Waals surface area contributed by atoms with Gasteiger partial charge >= 0.3 is 6.18 Å². The van der Waals surface area contributed by atoms with Gasteiger partial charge in [-0.15, -0.1) is 0 Å². The number of rotatable bonds is 7. The third-order valence-corrected chi connectivity index (χ3v) is 8.28. The number of carbonyl (C=O) groups is 2. The molecule has 0 N–H and O–H groups in total. The molecule has 0 saturated carbocycles. The molecule has 0 unspecified atom stereocenters. The molecule has 206 valence electrons. The van der Waals surface area contributed by atoms with Crippen molar-refractivity contribution in [2.45, 2.75) is 19.1 Å². The molecule has 0 bridgehead atoms. The number of nitrogens with zero attached hydrogens (tertiary/aromatic N) is 4. The Morgan fingerprint density at radius 3 is 2.51 bits per heavy atom. The average Bonchev–Trinajstić information content (AvgIpc) is 3.40. The minimum Gasteiger partial charge on any atom is -0.343 e. The van der Waals surface area contributed by atoms with Crippen molar-refractivity contribution >= 4 is 51.5 Å². The van der Waals surface area contributed by atoms with E-state index in [0.29, 0.717) is 11.4 Å². The second-order valence-electron chi connectivity index (χ2n) is 9.89. The van der Waals surface area contributed by atoms with E-state index >= 15 is 0 Å². The number of halogens is 4. The van der Waals surface area contributed by atoms with E-state index in [9.17, 15) is 22.8 Å². The van der Waals surface area contributed by atoms with Crippen LogP contribution >= 0.6 is 23.4 Å². The third-order valence-electron chi connectivity index (χ3n) is 7.14. The van der Waals surface area contributed by atoms with Gasteiger partial charge in [0.2, 0.25) is 0 Å². The van der Waals surface area contributed by atoms with Crippen molar-refractivity contribution in [3.05, 3.63) is 75.3 Å². The molecule has 0 radical (unpaired) electrons. The van der Waals surface area contributed by atoms with Gasteiger partial charge in [-0.25, -0.2) is 0 Å². The number of imide groups is 1. The van der Waals surface area contributed by atoms with Crippen LogP contribution in [0.25, 0.3) is 17.0 Å². The summed E-state index contributed by atoms with van der Waals surface area (Å²) in [6.07, 6.45) is -0.345. The summed E-state index contributed by atoms with van der Waals surface area (Å²) in [4.78, 5) is 31.8. The highest BCUT2D eigenvalue weighted by molar-refractivity contribution is 8.18. The highest BCUT2D eigenvalue weighted by Crippen LogP contribution is 2.35. The van der Waals surface area contributed by atoms with Gasteiger partial charge in [0.25, 0.3) is 11.1 Å². The lowest BCUT2D eigenvalue weighted by Gasteiger charge is -2.32. The molecule has 11 heteroatoms. The van der Waals surface area contributed by atoms with Gasteiger partial charge in [0.1, 0.15) is 0 Å². The summed E-state index contributed by atoms with van der Waals surface area (Å²) >= 11 is 6.75. The topological polar surface area (TPSA) is 48.8 Å². The SMILES string of the molecule is CN1CCN(CCCN2C(=O)SC(=Cc3ccc4c(ccn4Cc4ccc(Cl)cc4C(F)(F)F)c3)C2=O)CC1. The number of alkyl halides is 3. The maximum atomic E-state index is 13.5. The lowest BCUT2D eigenvalue weighted by atomic mass is 10.1. The summed E-state index contributed by atoms with van der Waals surface area (Å²) < 4.78 is 42.4. The molecule has 2 aromatic carbocycles. The van der Waals surface area contributed by atoms with E-state index in [1.807, 2.05) is 18.2 Å². The number of piperazine rings is 1. The van der Waals surface area contributed by atoms with Crippen LogP contribution in [0.3, 0.4) is 0 Å². The molecule has 3 heterocycles. The fourth-order valence-electron chi connectivity index (χ4n) is 4.95. The number of likely N-dealkylation sites (N-methyl/N-ethyl adjacent to an activating group) is 1. The Balaban J connectivity index is 1.27. The largest absolute Gasteiger partial charge is 0.416 e. The van der Waals surface area contributed by atoms with Crippen molar-refractivity contribution in [2.24, 2.45) is 0 Å². The first-order valence-corrected chi connectivity index (χ1v) is 13.9. The minimum absolute atomic E-state index is 0.0296. The molecule has 0 aliphatic carbocycles. The Labute approximate surface area is 234 Å². The molecule has 1 aromatic heterocycles. The van der Waals surface area contributed by atoms with Crippen molar-refractivity contribution in [3.8, 4) is 0 Å². The van der Waals surface area contributed by atoms with E-state index in [1.54, 1.807) is 22.9 Å². The summed E-state index contributed by atoms with van der Waals surface area (Å²) in [5, 5.41) is 0.588. The van der Waals surface area contributed by atoms with Crippen LogP contribution in [-0.4, -0.2) is 76.7 Å². The molecule has 39 heavy (non-hydrogen) atoms. The van der Waals surface area contributed by atoms with Crippen LogP contribution in [-0.2, 0) is 17.5 Å². The van der Waals surface area contributed by atoms with Crippen molar-refractivity contribution in [1.82, 2.24) is 19.3 Å². The Morgan fingerprint density at radius 1 is 1.00 bits per heavy atom. The van der Waals surface area contributed by atoms with Crippen LogP contribution < -0.4 is 0 Å². The number of thioether (sulfide) groups is 1.